The molecule has 0 atom stereocenters. The van der Waals surface area contributed by atoms with Crippen LogP contribution in [-0.4, -0.2) is 38.4 Å². The summed E-state index contributed by atoms with van der Waals surface area (Å²) in [6.45, 7) is -0.373. The molecule has 1 amide bonds. The van der Waals surface area contributed by atoms with Crippen molar-refractivity contribution in [2.75, 3.05) is 23.1 Å². The third kappa shape index (κ3) is 6.80. The fraction of sp³-hybridized carbons (Fsp3) is 0.409. The van der Waals surface area contributed by atoms with Crippen LogP contribution in [0.1, 0.15) is 31.2 Å². The fourth-order valence-electron chi connectivity index (χ4n) is 3.56. The minimum absolute atomic E-state index is 0.164. The van der Waals surface area contributed by atoms with E-state index < -0.39 is 39.9 Å². The maximum Gasteiger partial charge on any atom is 0.416 e. The molecule has 2 aromatic carbocycles. The van der Waals surface area contributed by atoms with E-state index in [1.165, 1.54) is 37.1 Å². The van der Waals surface area contributed by atoms with Gasteiger partial charge in [0.2, 0.25) is 5.91 Å². The molecule has 1 fully saturated rings. The molecule has 180 valence electrons. The number of hydrogen-bond donors (Lipinski definition) is 1. The average Bonchev–Trinajstić information content (AvgIpc) is 3.29. The SMILES string of the molecule is O=C(CN(c1cc(C(F)(F)F)ccc1Cl)S(=O)(=O)c1ccccc1)NCCSC1CCCC1. The Hall–Kier alpha value is -1.91. The first-order chi connectivity index (χ1) is 15.6. The summed E-state index contributed by atoms with van der Waals surface area (Å²) < 4.78 is 67.1. The first-order valence-corrected chi connectivity index (χ1v) is 13.3. The monoisotopic (exact) mass is 520 g/mol. The van der Waals surface area contributed by atoms with E-state index in [9.17, 15) is 26.4 Å². The van der Waals surface area contributed by atoms with Gasteiger partial charge in [0, 0.05) is 17.5 Å². The summed E-state index contributed by atoms with van der Waals surface area (Å²) in [6.07, 6.45) is -0.00505. The second-order valence-electron chi connectivity index (χ2n) is 7.62. The van der Waals surface area contributed by atoms with Crippen molar-refractivity contribution in [3.63, 3.8) is 0 Å². The van der Waals surface area contributed by atoms with Crippen LogP contribution in [0.3, 0.4) is 0 Å². The van der Waals surface area contributed by atoms with Gasteiger partial charge >= 0.3 is 6.18 Å². The molecule has 1 aliphatic rings. The molecule has 11 heteroatoms. The molecule has 0 spiro atoms. The lowest BCUT2D eigenvalue weighted by atomic mass is 10.2. The van der Waals surface area contributed by atoms with E-state index in [-0.39, 0.29) is 9.92 Å². The number of anilines is 1. The van der Waals surface area contributed by atoms with Crippen LogP contribution in [0.15, 0.2) is 53.4 Å². The van der Waals surface area contributed by atoms with E-state index in [4.69, 9.17) is 11.6 Å². The molecule has 0 heterocycles. The maximum absolute atomic E-state index is 13.3. The van der Waals surface area contributed by atoms with Crippen LogP contribution < -0.4 is 9.62 Å². The number of sulfonamides is 1. The summed E-state index contributed by atoms with van der Waals surface area (Å²) in [5.74, 6) is 0.0432. The summed E-state index contributed by atoms with van der Waals surface area (Å²) in [5, 5.41) is 3.02. The summed E-state index contributed by atoms with van der Waals surface area (Å²) in [6, 6.07) is 9.57. The quantitative estimate of drug-likeness (QED) is 0.453. The van der Waals surface area contributed by atoms with Crippen LogP contribution in [0.25, 0.3) is 0 Å². The zero-order valence-electron chi connectivity index (χ0n) is 17.6. The Labute approximate surface area is 200 Å². The van der Waals surface area contributed by atoms with Gasteiger partial charge in [0.1, 0.15) is 6.54 Å². The van der Waals surface area contributed by atoms with Crippen LogP contribution >= 0.6 is 23.4 Å². The summed E-state index contributed by atoms with van der Waals surface area (Å²) in [5.41, 5.74) is -1.48. The molecule has 5 nitrogen and oxygen atoms in total. The van der Waals surface area contributed by atoms with E-state index >= 15 is 0 Å². The number of nitrogens with zero attached hydrogens (tertiary/aromatic N) is 1. The lowest BCUT2D eigenvalue weighted by Gasteiger charge is -2.26. The third-order valence-electron chi connectivity index (χ3n) is 5.24. The molecule has 0 radical (unpaired) electrons. The van der Waals surface area contributed by atoms with E-state index in [2.05, 4.69) is 5.32 Å². The van der Waals surface area contributed by atoms with Gasteiger partial charge in [0.05, 0.1) is 21.2 Å². The third-order valence-corrected chi connectivity index (χ3v) is 8.72. The van der Waals surface area contributed by atoms with Crippen molar-refractivity contribution in [1.29, 1.82) is 0 Å². The van der Waals surface area contributed by atoms with Gasteiger partial charge in [-0.2, -0.15) is 24.9 Å². The van der Waals surface area contributed by atoms with Gasteiger partial charge in [0.15, 0.2) is 0 Å². The fourth-order valence-corrected chi connectivity index (χ4v) is 6.50. The predicted molar refractivity (Wildman–Crippen MR) is 125 cm³/mol. The predicted octanol–water partition coefficient (Wildman–Crippen LogP) is 5.35. The highest BCUT2D eigenvalue weighted by atomic mass is 35.5. The van der Waals surface area contributed by atoms with Crippen molar-refractivity contribution in [1.82, 2.24) is 5.32 Å². The number of benzene rings is 2. The summed E-state index contributed by atoms with van der Waals surface area (Å²) in [4.78, 5) is 12.4. The Balaban J connectivity index is 1.83. The zero-order chi connectivity index (χ0) is 24.1. The Kier molecular flexibility index (Phi) is 8.58. The van der Waals surface area contributed by atoms with Gasteiger partial charge < -0.3 is 5.32 Å². The number of rotatable bonds is 9. The van der Waals surface area contributed by atoms with Crippen LogP contribution in [-0.2, 0) is 21.0 Å². The first-order valence-electron chi connectivity index (χ1n) is 10.4. The Bertz CT molecular complexity index is 1060. The van der Waals surface area contributed by atoms with Crippen molar-refractivity contribution >= 4 is 45.0 Å². The number of carbonyl (C=O) groups excluding carboxylic acids is 1. The van der Waals surface area contributed by atoms with Gasteiger partial charge in [0.25, 0.3) is 10.0 Å². The second kappa shape index (κ2) is 11.0. The van der Waals surface area contributed by atoms with Crippen LogP contribution in [0.5, 0.6) is 0 Å². The molecular formula is C22H24ClF3N2O3S2. The topological polar surface area (TPSA) is 66.5 Å². The lowest BCUT2D eigenvalue weighted by molar-refractivity contribution is -0.137. The molecule has 1 saturated carbocycles. The number of halogens is 4. The van der Waals surface area contributed by atoms with Gasteiger partial charge in [-0.3, -0.25) is 9.10 Å². The normalized spacial score (nSPS) is 14.9. The Morgan fingerprint density at radius 3 is 2.42 bits per heavy atom. The molecule has 1 aliphatic carbocycles. The Morgan fingerprint density at radius 1 is 1.12 bits per heavy atom. The minimum atomic E-state index is -4.71. The zero-order valence-corrected chi connectivity index (χ0v) is 20.0. The molecule has 0 bridgehead atoms. The van der Waals surface area contributed by atoms with Crippen LogP contribution in [0, 0.1) is 0 Å². The lowest BCUT2D eigenvalue weighted by Crippen LogP contribution is -2.41. The molecule has 0 unspecified atom stereocenters. The van der Waals surface area contributed by atoms with Gasteiger partial charge in [-0.15, -0.1) is 0 Å². The summed E-state index contributed by atoms with van der Waals surface area (Å²) in [7, 11) is -4.36. The molecule has 3 rings (SSSR count). The molecule has 0 saturated heterocycles. The van der Waals surface area contributed by atoms with Crippen molar-refractivity contribution in [2.24, 2.45) is 0 Å². The van der Waals surface area contributed by atoms with Crippen molar-refractivity contribution in [3.05, 3.63) is 59.1 Å². The minimum Gasteiger partial charge on any atom is -0.354 e. The highest BCUT2D eigenvalue weighted by Crippen LogP contribution is 2.37. The van der Waals surface area contributed by atoms with Gasteiger partial charge in [-0.05, 0) is 43.2 Å². The average molecular weight is 521 g/mol. The largest absolute Gasteiger partial charge is 0.416 e. The molecule has 0 aliphatic heterocycles. The molecule has 0 aromatic heterocycles. The number of carbonyl (C=O) groups is 1. The Morgan fingerprint density at radius 2 is 1.79 bits per heavy atom. The second-order valence-corrected chi connectivity index (χ2v) is 11.3. The molecular weight excluding hydrogens is 497 g/mol. The highest BCUT2D eigenvalue weighted by molar-refractivity contribution is 7.99. The van der Waals surface area contributed by atoms with Crippen molar-refractivity contribution in [3.8, 4) is 0 Å². The number of amides is 1. The molecule has 33 heavy (non-hydrogen) atoms. The van der Waals surface area contributed by atoms with Crippen molar-refractivity contribution in [2.45, 2.75) is 42.0 Å². The number of thioether (sulfide) groups is 1. The standard InChI is InChI=1S/C22H24ClF3N2O3S2/c23-19-11-10-16(22(24,25)26)14-20(19)28(33(30,31)18-8-2-1-3-9-18)15-21(29)27-12-13-32-17-6-4-5-7-17/h1-3,8-11,14,17H,4-7,12-13,15H2,(H,27,29). The highest BCUT2D eigenvalue weighted by Gasteiger charge is 2.34. The maximum atomic E-state index is 13.3. The summed E-state index contributed by atoms with van der Waals surface area (Å²) >= 11 is 7.87. The smallest absolute Gasteiger partial charge is 0.354 e. The van der Waals surface area contributed by atoms with Crippen molar-refractivity contribution < 1.29 is 26.4 Å². The van der Waals surface area contributed by atoms with Gasteiger partial charge in [-0.1, -0.05) is 42.6 Å². The van der Waals surface area contributed by atoms with Crippen LogP contribution in [0.2, 0.25) is 5.02 Å². The van der Waals surface area contributed by atoms with E-state index in [1.54, 1.807) is 17.8 Å². The first kappa shape index (κ1) is 25.7. The van der Waals surface area contributed by atoms with E-state index in [1.807, 2.05) is 0 Å². The van der Waals surface area contributed by atoms with E-state index in [0.29, 0.717) is 27.9 Å². The van der Waals surface area contributed by atoms with E-state index in [0.717, 1.165) is 25.0 Å². The number of hydrogen-bond acceptors (Lipinski definition) is 4. The molecule has 1 N–H and O–H groups in total. The number of nitrogens with one attached hydrogen (secondary N) is 1. The van der Waals surface area contributed by atoms with Crippen LogP contribution in [0.4, 0.5) is 18.9 Å². The number of alkyl halides is 3. The molecule has 2 aromatic rings. The van der Waals surface area contributed by atoms with Gasteiger partial charge in [-0.25, -0.2) is 8.42 Å².